The minimum Gasteiger partial charge on any atom is -0.340 e. The number of fused-ring (bicyclic) bond motifs is 1. The molecule has 1 aromatic heterocycles. The Kier molecular flexibility index (Phi) is 4.41. The van der Waals surface area contributed by atoms with Crippen molar-refractivity contribution in [3.63, 3.8) is 0 Å². The van der Waals surface area contributed by atoms with Crippen LogP contribution < -0.4 is 5.32 Å². The van der Waals surface area contributed by atoms with Crippen molar-refractivity contribution in [2.24, 2.45) is 0 Å². The molecular weight excluding hydrogens is 378 g/mol. The molecule has 3 rings (SSSR count). The summed E-state index contributed by atoms with van der Waals surface area (Å²) in [4.78, 5) is 20.0. The summed E-state index contributed by atoms with van der Waals surface area (Å²) in [5, 5.41) is 2.87. The lowest BCUT2D eigenvalue weighted by molar-refractivity contribution is -0.142. The van der Waals surface area contributed by atoms with Crippen LogP contribution in [0, 0.1) is 0 Å². The van der Waals surface area contributed by atoms with Crippen LogP contribution >= 0.6 is 0 Å². The molecule has 11 heteroatoms. The molecule has 5 nitrogen and oxygen atoms in total. The van der Waals surface area contributed by atoms with E-state index >= 15 is 0 Å². The van der Waals surface area contributed by atoms with Crippen LogP contribution in [0.3, 0.4) is 0 Å². The van der Waals surface area contributed by atoms with Crippen molar-refractivity contribution >= 4 is 16.9 Å². The average Bonchev–Trinajstić information content (AvgIpc) is 2.97. The van der Waals surface area contributed by atoms with Gasteiger partial charge in [-0.25, -0.2) is 4.98 Å². The van der Waals surface area contributed by atoms with Gasteiger partial charge in [-0.15, -0.1) is 0 Å². The molecule has 148 valence electrons. The molecule has 0 bridgehead atoms. The number of hydrogen-bond acceptors (Lipinski definition) is 3. The number of rotatable bonds is 2. The molecule has 0 unspecified atom stereocenters. The number of hydrogen-bond donors (Lipinski definition) is 2. The third kappa shape index (κ3) is 3.47. The largest absolute Gasteiger partial charge is 0.418 e. The minimum absolute atomic E-state index is 0.0161. The number of benzene rings is 1. The lowest BCUT2D eigenvalue weighted by atomic mass is 10.0. The van der Waals surface area contributed by atoms with Crippen LogP contribution in [0.4, 0.5) is 26.3 Å². The highest BCUT2D eigenvalue weighted by Gasteiger charge is 2.41. The molecule has 2 aromatic rings. The van der Waals surface area contributed by atoms with Crippen LogP contribution in [-0.2, 0) is 22.7 Å². The lowest BCUT2D eigenvalue weighted by Gasteiger charge is -2.39. The number of carbonyl (C=O) groups is 1. The number of nitrogens with zero attached hydrogens (tertiary/aromatic N) is 2. The number of amides is 1. The van der Waals surface area contributed by atoms with Crippen LogP contribution in [0.1, 0.15) is 30.8 Å². The molecular formula is C16H16F6N4O. The predicted molar refractivity (Wildman–Crippen MR) is 83.7 cm³/mol. The Morgan fingerprint density at radius 2 is 1.74 bits per heavy atom. The number of halogens is 6. The Balaban J connectivity index is 2.18. The molecule has 0 aliphatic carbocycles. The number of carbonyl (C=O) groups excluding carboxylic acids is 1. The van der Waals surface area contributed by atoms with Crippen molar-refractivity contribution in [1.29, 1.82) is 0 Å². The highest BCUT2D eigenvalue weighted by molar-refractivity contribution is 5.82. The predicted octanol–water partition coefficient (Wildman–Crippen LogP) is 3.27. The van der Waals surface area contributed by atoms with E-state index in [1.807, 2.05) is 0 Å². The smallest absolute Gasteiger partial charge is 0.340 e. The van der Waals surface area contributed by atoms with Gasteiger partial charge in [0, 0.05) is 13.1 Å². The number of aromatic amines is 1. The molecule has 1 saturated heterocycles. The van der Waals surface area contributed by atoms with Gasteiger partial charge in [0.2, 0.25) is 5.91 Å². The van der Waals surface area contributed by atoms with Crippen LogP contribution in [0.25, 0.3) is 11.0 Å². The second-order valence-electron chi connectivity index (χ2n) is 6.78. The highest BCUT2D eigenvalue weighted by Crippen LogP contribution is 2.40. The summed E-state index contributed by atoms with van der Waals surface area (Å²) in [6.07, 6.45) is -9.95. The van der Waals surface area contributed by atoms with E-state index in [2.05, 4.69) is 15.3 Å². The molecule has 1 fully saturated rings. The minimum atomic E-state index is -5.01. The molecule has 1 aromatic carbocycles. The van der Waals surface area contributed by atoms with E-state index in [1.165, 1.54) is 4.90 Å². The van der Waals surface area contributed by atoms with Gasteiger partial charge in [0.05, 0.1) is 28.7 Å². The zero-order valence-corrected chi connectivity index (χ0v) is 14.3. The first-order chi connectivity index (χ1) is 12.3. The Labute approximate surface area is 149 Å². The molecule has 0 spiro atoms. The first kappa shape index (κ1) is 19.5. The number of piperazine rings is 1. The molecule has 0 radical (unpaired) electrons. The van der Waals surface area contributed by atoms with E-state index in [9.17, 15) is 31.1 Å². The van der Waals surface area contributed by atoms with Gasteiger partial charge in [0.1, 0.15) is 11.3 Å². The van der Waals surface area contributed by atoms with Gasteiger partial charge in [-0.05, 0) is 26.0 Å². The summed E-state index contributed by atoms with van der Waals surface area (Å²) < 4.78 is 79.0. The van der Waals surface area contributed by atoms with Crippen LogP contribution in [-0.4, -0.2) is 40.4 Å². The van der Waals surface area contributed by atoms with Crippen molar-refractivity contribution in [3.05, 3.63) is 29.1 Å². The monoisotopic (exact) mass is 394 g/mol. The lowest BCUT2D eigenvalue weighted by Crippen LogP contribution is -2.55. The quantitative estimate of drug-likeness (QED) is 0.769. The van der Waals surface area contributed by atoms with E-state index in [4.69, 9.17) is 0 Å². The summed E-state index contributed by atoms with van der Waals surface area (Å²) in [7, 11) is 0. The number of H-pyrrole nitrogens is 1. The Hall–Kier alpha value is -2.30. The first-order valence-electron chi connectivity index (χ1n) is 8.01. The van der Waals surface area contributed by atoms with E-state index in [0.29, 0.717) is 19.2 Å². The van der Waals surface area contributed by atoms with Crippen molar-refractivity contribution in [2.75, 3.05) is 19.6 Å². The van der Waals surface area contributed by atoms with Crippen molar-refractivity contribution in [2.45, 2.75) is 31.7 Å². The van der Waals surface area contributed by atoms with E-state index in [0.717, 1.165) is 0 Å². The van der Waals surface area contributed by atoms with Crippen LogP contribution in [0.5, 0.6) is 0 Å². The van der Waals surface area contributed by atoms with E-state index < -0.39 is 34.5 Å². The molecule has 2 N–H and O–H groups in total. The second-order valence-corrected chi connectivity index (χ2v) is 6.78. The summed E-state index contributed by atoms with van der Waals surface area (Å²) in [5.41, 5.74) is -5.02. The van der Waals surface area contributed by atoms with E-state index in [-0.39, 0.29) is 29.9 Å². The van der Waals surface area contributed by atoms with Crippen LogP contribution in [0.2, 0.25) is 0 Å². The number of nitrogens with one attached hydrogen (secondary N) is 2. The van der Waals surface area contributed by atoms with Gasteiger partial charge in [-0.2, -0.15) is 26.3 Å². The maximum absolute atomic E-state index is 13.3. The molecule has 0 atom stereocenters. The molecule has 2 heterocycles. The van der Waals surface area contributed by atoms with Gasteiger partial charge in [-0.1, -0.05) is 0 Å². The SMILES string of the molecule is CC(C)(c1nc2c(C(F)(F)F)cc(C(F)(F)F)cc2[nH]1)N1CCNCC1=O. The third-order valence-electron chi connectivity index (χ3n) is 4.56. The Morgan fingerprint density at radius 1 is 1.07 bits per heavy atom. The van der Waals surface area contributed by atoms with E-state index in [1.54, 1.807) is 13.8 Å². The van der Waals surface area contributed by atoms with Crippen molar-refractivity contribution < 1.29 is 31.1 Å². The average molecular weight is 394 g/mol. The summed E-state index contributed by atoms with van der Waals surface area (Å²) in [6, 6.07) is 0.645. The standard InChI is InChI=1S/C16H16F6N4O/c1-14(2,26-4-3-23-7-11(26)27)13-24-10-6-8(15(17,18)19)5-9(12(10)25-13)16(20,21)22/h5-6,23H,3-4,7H2,1-2H3,(H,24,25). The van der Waals surface area contributed by atoms with Gasteiger partial charge in [0.25, 0.3) is 0 Å². The molecule has 1 amide bonds. The fourth-order valence-electron chi connectivity index (χ4n) is 3.11. The van der Waals surface area contributed by atoms with Crippen molar-refractivity contribution in [1.82, 2.24) is 20.2 Å². The Morgan fingerprint density at radius 3 is 2.30 bits per heavy atom. The fraction of sp³-hybridized carbons (Fsp3) is 0.500. The molecule has 0 saturated carbocycles. The fourth-order valence-corrected chi connectivity index (χ4v) is 3.11. The topological polar surface area (TPSA) is 61.0 Å². The maximum atomic E-state index is 13.3. The normalized spacial score (nSPS) is 17.0. The summed E-state index contributed by atoms with van der Waals surface area (Å²) in [6.45, 7) is 4.00. The van der Waals surface area contributed by atoms with Gasteiger partial charge in [-0.3, -0.25) is 4.79 Å². The molecule has 1 aliphatic heterocycles. The van der Waals surface area contributed by atoms with Gasteiger partial charge >= 0.3 is 12.4 Å². The van der Waals surface area contributed by atoms with Gasteiger partial charge < -0.3 is 15.2 Å². The first-order valence-corrected chi connectivity index (χ1v) is 8.01. The summed E-state index contributed by atoms with van der Waals surface area (Å²) in [5.74, 6) is -0.295. The van der Waals surface area contributed by atoms with Crippen LogP contribution in [0.15, 0.2) is 12.1 Å². The number of alkyl halides is 6. The summed E-state index contributed by atoms with van der Waals surface area (Å²) >= 11 is 0. The number of imidazole rings is 1. The Bertz CT molecular complexity index is 883. The molecule has 1 aliphatic rings. The zero-order chi connectivity index (χ0) is 20.2. The maximum Gasteiger partial charge on any atom is 0.418 e. The third-order valence-corrected chi connectivity index (χ3v) is 4.56. The zero-order valence-electron chi connectivity index (χ0n) is 14.3. The van der Waals surface area contributed by atoms with Gasteiger partial charge in [0.15, 0.2) is 0 Å². The highest BCUT2D eigenvalue weighted by atomic mass is 19.4. The van der Waals surface area contributed by atoms with Crippen molar-refractivity contribution in [3.8, 4) is 0 Å². The second kappa shape index (κ2) is 6.11. The molecule has 27 heavy (non-hydrogen) atoms. The number of aromatic nitrogens is 2.